The van der Waals surface area contributed by atoms with Crippen LogP contribution in [0.5, 0.6) is 23.0 Å². The molecule has 0 spiro atoms. The molecule has 2 nitrogen and oxygen atoms in total. The molecule has 4 aromatic rings. The lowest BCUT2D eigenvalue weighted by molar-refractivity contribution is 0.463. The van der Waals surface area contributed by atoms with E-state index in [2.05, 4.69) is 112 Å². The Morgan fingerprint density at radius 3 is 2.14 bits per heavy atom. The molecule has 2 aliphatic rings. The highest BCUT2D eigenvalue weighted by atomic mass is 16.5. The van der Waals surface area contributed by atoms with Crippen LogP contribution in [0.2, 0.25) is 0 Å². The minimum Gasteiger partial charge on any atom is -0.458 e. The van der Waals surface area contributed by atoms with Gasteiger partial charge in [0.15, 0.2) is 0 Å². The van der Waals surface area contributed by atoms with Crippen LogP contribution in [0.4, 0.5) is 0 Å². The maximum absolute atomic E-state index is 6.61. The zero-order chi connectivity index (χ0) is 25.2. The van der Waals surface area contributed by atoms with Crippen LogP contribution < -0.4 is 25.9 Å². The van der Waals surface area contributed by atoms with Gasteiger partial charge < -0.3 is 9.47 Å². The lowest BCUT2D eigenvalue weighted by Gasteiger charge is -2.34. The van der Waals surface area contributed by atoms with Gasteiger partial charge in [0, 0.05) is 11.0 Å². The first-order valence-corrected chi connectivity index (χ1v) is 12.8. The minimum absolute atomic E-state index is 0.0475. The van der Waals surface area contributed by atoms with E-state index in [4.69, 9.17) is 9.47 Å². The highest BCUT2D eigenvalue weighted by Gasteiger charge is 2.41. The maximum atomic E-state index is 6.61. The van der Waals surface area contributed by atoms with Gasteiger partial charge >= 0.3 is 0 Å². The van der Waals surface area contributed by atoms with Gasteiger partial charge in [0.1, 0.15) is 23.0 Å². The molecule has 178 valence electrons. The molecule has 3 heteroatoms. The van der Waals surface area contributed by atoms with Crippen LogP contribution in [0.1, 0.15) is 40.2 Å². The number of fused-ring (bicyclic) bond motifs is 4. The van der Waals surface area contributed by atoms with E-state index >= 15 is 0 Å². The molecule has 36 heavy (non-hydrogen) atoms. The van der Waals surface area contributed by atoms with Crippen molar-refractivity contribution in [3.63, 3.8) is 0 Å². The normalized spacial score (nSPS) is 12.3. The smallest absolute Gasteiger partial charge is 0.260 e. The monoisotopic (exact) mass is 470 g/mol. The van der Waals surface area contributed by atoms with Crippen LogP contribution in [0.3, 0.4) is 0 Å². The van der Waals surface area contributed by atoms with Gasteiger partial charge in [-0.15, -0.1) is 0 Å². The number of para-hydroxylation sites is 1. The number of benzene rings is 4. The van der Waals surface area contributed by atoms with Gasteiger partial charge in [-0.2, -0.15) is 0 Å². The summed E-state index contributed by atoms with van der Waals surface area (Å²) in [5, 5.41) is 0. The quantitative estimate of drug-likeness (QED) is 0.197. The molecule has 2 heterocycles. The maximum Gasteiger partial charge on any atom is 0.260 e. The van der Waals surface area contributed by atoms with Crippen molar-refractivity contribution in [1.82, 2.24) is 0 Å². The SMILES string of the molecule is C/C=C\C(=C(C)C)c1ccc2c3c1Oc1ccccc1B3c1cc(-c3ccccc3)ccc1O2.CC. The van der Waals surface area contributed by atoms with Crippen molar-refractivity contribution in [2.75, 3.05) is 0 Å². The Labute approximate surface area is 215 Å². The predicted molar refractivity (Wildman–Crippen MR) is 154 cm³/mol. The van der Waals surface area contributed by atoms with Crippen molar-refractivity contribution >= 4 is 28.7 Å². The number of hydrogen-bond donors (Lipinski definition) is 0. The lowest BCUT2D eigenvalue weighted by Crippen LogP contribution is -2.57. The third kappa shape index (κ3) is 3.95. The second-order valence-electron chi connectivity index (χ2n) is 9.06. The largest absolute Gasteiger partial charge is 0.458 e. The zero-order valence-electron chi connectivity index (χ0n) is 21.6. The topological polar surface area (TPSA) is 18.5 Å². The molecule has 6 rings (SSSR count). The molecule has 0 amide bonds. The fraction of sp³-hybridized carbons (Fsp3) is 0.152. The van der Waals surface area contributed by atoms with Crippen molar-refractivity contribution in [3.8, 4) is 34.1 Å². The number of hydrogen-bond acceptors (Lipinski definition) is 2. The van der Waals surface area contributed by atoms with Crippen LogP contribution in [-0.4, -0.2) is 6.71 Å². The Balaban J connectivity index is 0.00000130. The molecule has 0 atom stereocenters. The zero-order valence-corrected chi connectivity index (χ0v) is 21.6. The van der Waals surface area contributed by atoms with Crippen molar-refractivity contribution in [1.29, 1.82) is 0 Å². The minimum atomic E-state index is 0.0475. The Morgan fingerprint density at radius 1 is 0.694 bits per heavy atom. The van der Waals surface area contributed by atoms with E-state index in [1.807, 2.05) is 19.9 Å². The summed E-state index contributed by atoms with van der Waals surface area (Å²) in [5.41, 5.74) is 9.37. The van der Waals surface area contributed by atoms with E-state index < -0.39 is 0 Å². The Kier molecular flexibility index (Phi) is 6.56. The van der Waals surface area contributed by atoms with Gasteiger partial charge in [0.2, 0.25) is 0 Å². The van der Waals surface area contributed by atoms with E-state index in [1.165, 1.54) is 33.2 Å². The molecular weight excluding hydrogens is 439 g/mol. The molecular formula is C33H31BO2. The Morgan fingerprint density at radius 2 is 1.39 bits per heavy atom. The van der Waals surface area contributed by atoms with Gasteiger partial charge in [-0.25, -0.2) is 0 Å². The van der Waals surface area contributed by atoms with Crippen molar-refractivity contribution in [3.05, 3.63) is 108 Å². The van der Waals surface area contributed by atoms with Crippen LogP contribution in [0, 0.1) is 0 Å². The first-order valence-electron chi connectivity index (χ1n) is 12.8. The Hall–Kier alpha value is -3.98. The average molecular weight is 470 g/mol. The standard InChI is InChI=1S/C31H25BO2.C2H6/c1-4-10-23(20(2)3)24-16-18-29-30-31(24)34-27-14-9-8-13-25(27)32(30)26-19-22(15-17-28(26)33-29)21-11-6-5-7-12-21;1-2/h4-19H,1-3H3;1-2H3/b10-4-;. The molecule has 2 aliphatic heterocycles. The molecule has 4 aromatic carbocycles. The summed E-state index contributed by atoms with van der Waals surface area (Å²) in [6.45, 7) is 10.4. The fourth-order valence-corrected chi connectivity index (χ4v) is 5.15. The summed E-state index contributed by atoms with van der Waals surface area (Å²) in [6, 6.07) is 29.7. The first kappa shape index (κ1) is 23.8. The van der Waals surface area contributed by atoms with Crippen molar-refractivity contribution in [2.45, 2.75) is 34.6 Å². The predicted octanol–water partition coefficient (Wildman–Crippen LogP) is 7.48. The summed E-state index contributed by atoms with van der Waals surface area (Å²) in [5.74, 6) is 3.58. The number of ether oxygens (including phenoxy) is 2. The molecule has 0 bridgehead atoms. The summed E-state index contributed by atoms with van der Waals surface area (Å²) >= 11 is 0. The molecule has 0 aromatic heterocycles. The van der Waals surface area contributed by atoms with Crippen LogP contribution in [0.25, 0.3) is 16.7 Å². The van der Waals surface area contributed by atoms with E-state index in [0.29, 0.717) is 0 Å². The second-order valence-corrected chi connectivity index (χ2v) is 9.06. The van der Waals surface area contributed by atoms with E-state index in [1.54, 1.807) is 0 Å². The third-order valence-electron chi connectivity index (χ3n) is 6.70. The van der Waals surface area contributed by atoms with E-state index in [0.717, 1.165) is 34.0 Å². The number of allylic oxidation sites excluding steroid dienone is 4. The lowest BCUT2D eigenvalue weighted by atomic mass is 9.34. The molecule has 0 fully saturated rings. The third-order valence-corrected chi connectivity index (χ3v) is 6.70. The van der Waals surface area contributed by atoms with Gasteiger partial charge in [-0.05, 0) is 72.7 Å². The summed E-state index contributed by atoms with van der Waals surface area (Å²) in [7, 11) is 0. The average Bonchev–Trinajstić information content (AvgIpc) is 2.93. The first-order chi connectivity index (χ1) is 17.7. The molecule has 0 saturated carbocycles. The van der Waals surface area contributed by atoms with Gasteiger partial charge in [0.05, 0.1) is 0 Å². The van der Waals surface area contributed by atoms with Crippen LogP contribution in [-0.2, 0) is 0 Å². The molecule has 0 unspecified atom stereocenters. The molecule has 0 saturated heterocycles. The van der Waals surface area contributed by atoms with Crippen LogP contribution in [0.15, 0.2) is 103 Å². The highest BCUT2D eigenvalue weighted by molar-refractivity contribution is 6.98. The summed E-state index contributed by atoms with van der Waals surface area (Å²) in [6.07, 6.45) is 4.25. The Bertz CT molecular complexity index is 1480. The highest BCUT2D eigenvalue weighted by Crippen LogP contribution is 2.40. The number of rotatable bonds is 3. The van der Waals surface area contributed by atoms with Gasteiger partial charge in [-0.1, -0.05) is 92.2 Å². The van der Waals surface area contributed by atoms with E-state index in [9.17, 15) is 0 Å². The van der Waals surface area contributed by atoms with E-state index in [-0.39, 0.29) is 6.71 Å². The fourth-order valence-electron chi connectivity index (χ4n) is 5.15. The van der Waals surface area contributed by atoms with Gasteiger partial charge in [-0.3, -0.25) is 0 Å². The second kappa shape index (κ2) is 9.95. The molecule has 0 aliphatic carbocycles. The summed E-state index contributed by atoms with van der Waals surface area (Å²) < 4.78 is 13.1. The molecule has 0 radical (unpaired) electrons. The molecule has 0 N–H and O–H groups in total. The summed E-state index contributed by atoms with van der Waals surface area (Å²) in [4.78, 5) is 0. The van der Waals surface area contributed by atoms with Crippen LogP contribution >= 0.6 is 0 Å². The van der Waals surface area contributed by atoms with Crippen molar-refractivity contribution < 1.29 is 9.47 Å². The van der Waals surface area contributed by atoms with Gasteiger partial charge in [0.25, 0.3) is 6.71 Å². The van der Waals surface area contributed by atoms with Crippen molar-refractivity contribution in [2.24, 2.45) is 0 Å².